The predicted octanol–water partition coefficient (Wildman–Crippen LogP) is 3.57. The van der Waals surface area contributed by atoms with Gasteiger partial charge in [0.25, 0.3) is 0 Å². The summed E-state index contributed by atoms with van der Waals surface area (Å²) in [6.07, 6.45) is -0.961. The molecule has 7 heteroatoms. The minimum absolute atomic E-state index is 0.00505. The lowest BCUT2D eigenvalue weighted by Gasteiger charge is -2.21. The lowest BCUT2D eigenvalue weighted by atomic mass is 10.1. The van der Waals surface area contributed by atoms with Crippen molar-refractivity contribution in [3.05, 3.63) is 17.2 Å². The van der Waals surface area contributed by atoms with Crippen molar-refractivity contribution in [2.45, 2.75) is 46.3 Å². The number of benzene rings is 1. The van der Waals surface area contributed by atoms with Gasteiger partial charge < -0.3 is 19.5 Å². The maximum atomic E-state index is 12.0. The van der Waals surface area contributed by atoms with Gasteiger partial charge in [-0.15, -0.1) is 0 Å². The molecule has 0 bridgehead atoms. The summed E-state index contributed by atoms with van der Waals surface area (Å²) in [5.41, 5.74) is -0.239. The van der Waals surface area contributed by atoms with Crippen LogP contribution in [0.15, 0.2) is 6.07 Å². The molecule has 0 aliphatic carbocycles. The smallest absolute Gasteiger partial charge is 0.493 e. The van der Waals surface area contributed by atoms with Crippen LogP contribution in [0.2, 0.25) is 0 Å². The molecule has 7 nitrogen and oxygen atoms in total. The lowest BCUT2D eigenvalue weighted by Crippen LogP contribution is -2.26. The van der Waals surface area contributed by atoms with Crippen LogP contribution in [0.25, 0.3) is 0 Å². The van der Waals surface area contributed by atoms with Crippen molar-refractivity contribution in [1.82, 2.24) is 0 Å². The second-order valence-electron chi connectivity index (χ2n) is 6.29. The van der Waals surface area contributed by atoms with Crippen molar-refractivity contribution in [3.8, 4) is 23.6 Å². The highest BCUT2D eigenvalue weighted by molar-refractivity contribution is 5.78. The Kier molecular flexibility index (Phi) is 6.02. The van der Waals surface area contributed by atoms with Crippen LogP contribution in [0.5, 0.6) is 11.5 Å². The van der Waals surface area contributed by atoms with Gasteiger partial charge in [-0.1, -0.05) is 0 Å². The molecule has 0 unspecified atom stereocenters. The predicted molar refractivity (Wildman–Crippen MR) is 88.0 cm³/mol. The molecule has 0 atom stereocenters. The Morgan fingerprint density at radius 2 is 1.88 bits per heavy atom. The third-order valence-corrected chi connectivity index (χ3v) is 2.71. The van der Waals surface area contributed by atoms with Crippen LogP contribution >= 0.6 is 0 Å². The molecule has 0 aliphatic heterocycles. The van der Waals surface area contributed by atoms with Crippen LogP contribution in [0.1, 0.15) is 45.7 Å². The van der Waals surface area contributed by atoms with E-state index in [9.17, 15) is 15.3 Å². The number of nitriles is 2. The zero-order valence-corrected chi connectivity index (χ0v) is 14.7. The molecule has 0 amide bonds. The van der Waals surface area contributed by atoms with Gasteiger partial charge in [0.15, 0.2) is 11.5 Å². The Hall–Kier alpha value is -2.93. The number of hydrogen-bond acceptors (Lipinski definition) is 7. The average Bonchev–Trinajstić information content (AvgIpc) is 2.45. The average molecular weight is 331 g/mol. The summed E-state index contributed by atoms with van der Waals surface area (Å²) in [4.78, 5) is 12.0. The lowest BCUT2D eigenvalue weighted by molar-refractivity contribution is 0.0200. The molecule has 0 aromatic heterocycles. The summed E-state index contributed by atoms with van der Waals surface area (Å²) < 4.78 is 15.5. The standard InChI is InChI=1S/C17H21N3O4/c1-10(2)20-14-11(8-18)7-13(22-6)15(12(14)9-19)23-16(21)24-17(3,4)5/h7,10,20H,1-6H3. The van der Waals surface area contributed by atoms with Crippen molar-refractivity contribution < 1.29 is 19.0 Å². The third kappa shape index (κ3) is 4.79. The van der Waals surface area contributed by atoms with Gasteiger partial charge >= 0.3 is 6.16 Å². The second kappa shape index (κ2) is 7.56. The monoisotopic (exact) mass is 331 g/mol. The number of carbonyl (C=O) groups excluding carboxylic acids is 1. The fraction of sp³-hybridized carbons (Fsp3) is 0.471. The molecular formula is C17H21N3O4. The summed E-state index contributed by atoms with van der Waals surface area (Å²) in [7, 11) is 1.36. The van der Waals surface area contributed by atoms with Crippen LogP contribution < -0.4 is 14.8 Å². The van der Waals surface area contributed by atoms with E-state index in [1.165, 1.54) is 13.2 Å². The van der Waals surface area contributed by atoms with Crippen LogP contribution in [-0.2, 0) is 4.74 Å². The number of rotatable bonds is 4. The highest BCUT2D eigenvalue weighted by Crippen LogP contribution is 2.39. The molecule has 0 heterocycles. The molecule has 0 radical (unpaired) electrons. The van der Waals surface area contributed by atoms with Crippen LogP contribution in [0, 0.1) is 22.7 Å². The number of ether oxygens (including phenoxy) is 3. The van der Waals surface area contributed by atoms with Gasteiger partial charge in [-0.25, -0.2) is 4.79 Å². The Labute approximate surface area is 141 Å². The van der Waals surface area contributed by atoms with E-state index in [2.05, 4.69) is 5.32 Å². The maximum absolute atomic E-state index is 12.0. The van der Waals surface area contributed by atoms with Crippen LogP contribution in [0.3, 0.4) is 0 Å². The van der Waals surface area contributed by atoms with Gasteiger partial charge in [-0.2, -0.15) is 10.5 Å². The molecule has 1 N–H and O–H groups in total. The summed E-state index contributed by atoms with van der Waals surface area (Å²) in [5.74, 6) is 0.0136. The Bertz CT molecular complexity index is 707. The van der Waals surface area contributed by atoms with E-state index < -0.39 is 11.8 Å². The van der Waals surface area contributed by atoms with E-state index in [1.54, 1.807) is 20.8 Å². The number of methoxy groups -OCH3 is 1. The fourth-order valence-corrected chi connectivity index (χ4v) is 1.88. The minimum atomic E-state index is -0.961. The molecule has 1 rings (SSSR count). The van der Waals surface area contributed by atoms with Crippen molar-refractivity contribution in [1.29, 1.82) is 10.5 Å². The van der Waals surface area contributed by atoms with Crippen molar-refractivity contribution in [2.24, 2.45) is 0 Å². The quantitative estimate of drug-likeness (QED) is 0.664. The minimum Gasteiger partial charge on any atom is -0.493 e. The van der Waals surface area contributed by atoms with Gasteiger partial charge in [-0.05, 0) is 34.6 Å². The zero-order chi connectivity index (χ0) is 18.5. The van der Waals surface area contributed by atoms with Crippen molar-refractivity contribution >= 4 is 11.8 Å². The summed E-state index contributed by atoms with van der Waals surface area (Å²) in [5, 5.41) is 21.8. The van der Waals surface area contributed by atoms with Crippen molar-refractivity contribution in [2.75, 3.05) is 12.4 Å². The molecule has 1 aromatic carbocycles. The van der Waals surface area contributed by atoms with E-state index in [4.69, 9.17) is 14.2 Å². The molecule has 0 saturated heterocycles. The number of carbonyl (C=O) groups is 1. The number of nitrogens with zero attached hydrogens (tertiary/aromatic N) is 2. The first kappa shape index (κ1) is 19.1. The summed E-state index contributed by atoms with van der Waals surface area (Å²) in [6.45, 7) is 8.81. The number of nitrogens with one attached hydrogen (secondary N) is 1. The summed E-state index contributed by atoms with van der Waals surface area (Å²) in [6, 6.07) is 5.34. The molecule has 0 aliphatic rings. The number of anilines is 1. The molecule has 128 valence electrons. The molecule has 0 fully saturated rings. The highest BCUT2D eigenvalue weighted by Gasteiger charge is 2.25. The maximum Gasteiger partial charge on any atom is 0.514 e. The van der Waals surface area contributed by atoms with E-state index in [0.717, 1.165) is 0 Å². The van der Waals surface area contributed by atoms with Crippen molar-refractivity contribution in [3.63, 3.8) is 0 Å². The van der Waals surface area contributed by atoms with E-state index in [-0.39, 0.29) is 34.4 Å². The van der Waals surface area contributed by atoms with Gasteiger partial charge in [0.2, 0.25) is 0 Å². The van der Waals surface area contributed by atoms with E-state index >= 15 is 0 Å². The topological polar surface area (TPSA) is 104 Å². The fourth-order valence-electron chi connectivity index (χ4n) is 1.88. The van der Waals surface area contributed by atoms with Crippen LogP contribution in [0.4, 0.5) is 10.5 Å². The Morgan fingerprint density at radius 1 is 1.25 bits per heavy atom. The van der Waals surface area contributed by atoms with Gasteiger partial charge in [-0.3, -0.25) is 0 Å². The van der Waals surface area contributed by atoms with E-state index in [1.807, 2.05) is 26.0 Å². The number of hydrogen-bond donors (Lipinski definition) is 1. The molecule has 1 aromatic rings. The second-order valence-corrected chi connectivity index (χ2v) is 6.29. The first-order valence-electron chi connectivity index (χ1n) is 7.35. The first-order valence-corrected chi connectivity index (χ1v) is 7.35. The zero-order valence-electron chi connectivity index (χ0n) is 14.7. The van der Waals surface area contributed by atoms with E-state index in [0.29, 0.717) is 0 Å². The Balaban J connectivity index is 3.44. The molecular weight excluding hydrogens is 310 g/mol. The third-order valence-electron chi connectivity index (χ3n) is 2.71. The normalized spacial score (nSPS) is 10.5. The molecule has 0 saturated carbocycles. The summed E-state index contributed by atoms with van der Waals surface area (Å²) >= 11 is 0. The largest absolute Gasteiger partial charge is 0.514 e. The van der Waals surface area contributed by atoms with Crippen LogP contribution in [-0.4, -0.2) is 24.9 Å². The SMILES string of the molecule is COc1cc(C#N)c(NC(C)C)c(C#N)c1OC(=O)OC(C)(C)C. The highest BCUT2D eigenvalue weighted by atomic mass is 16.7. The Morgan fingerprint density at radius 3 is 2.29 bits per heavy atom. The molecule has 0 spiro atoms. The van der Waals surface area contributed by atoms with Gasteiger partial charge in [0.05, 0.1) is 18.4 Å². The first-order chi connectivity index (χ1) is 11.1. The van der Waals surface area contributed by atoms with Gasteiger partial charge in [0.1, 0.15) is 23.3 Å². The van der Waals surface area contributed by atoms with Gasteiger partial charge in [0, 0.05) is 12.1 Å². The molecule has 24 heavy (non-hydrogen) atoms.